The molecule has 0 atom stereocenters. The van der Waals surface area contributed by atoms with Crippen molar-refractivity contribution in [3.05, 3.63) is 89.5 Å². The van der Waals surface area contributed by atoms with Gasteiger partial charge in [0.05, 0.1) is 6.21 Å². The topological polar surface area (TPSA) is 68.1 Å². The van der Waals surface area contributed by atoms with Gasteiger partial charge in [-0.1, -0.05) is 65.3 Å². The van der Waals surface area contributed by atoms with Crippen molar-refractivity contribution in [2.45, 2.75) is 13.5 Å². The van der Waals surface area contributed by atoms with Gasteiger partial charge < -0.3 is 14.7 Å². The number of carbonyl (C=O) groups is 1. The highest BCUT2D eigenvalue weighted by molar-refractivity contribution is 5.82. The lowest BCUT2D eigenvalue weighted by atomic mass is 10.0. The van der Waals surface area contributed by atoms with Gasteiger partial charge in [0.15, 0.2) is 0 Å². The molecule has 0 amide bonds. The van der Waals surface area contributed by atoms with Gasteiger partial charge in [0, 0.05) is 0 Å². The average molecular weight is 375 g/mol. The van der Waals surface area contributed by atoms with Crippen LogP contribution in [0.15, 0.2) is 78.0 Å². The van der Waals surface area contributed by atoms with Crippen LogP contribution in [0, 0.1) is 6.92 Å². The van der Waals surface area contributed by atoms with E-state index in [-0.39, 0.29) is 0 Å². The lowest BCUT2D eigenvalue weighted by Gasteiger charge is -2.08. The van der Waals surface area contributed by atoms with E-state index in [0.29, 0.717) is 6.61 Å². The molecule has 0 aliphatic heterocycles. The van der Waals surface area contributed by atoms with E-state index in [0.717, 1.165) is 28.0 Å². The summed E-state index contributed by atoms with van der Waals surface area (Å²) in [5.41, 5.74) is 5.25. The molecule has 3 aromatic rings. The minimum Gasteiger partial charge on any atom is -0.489 e. The Morgan fingerprint density at radius 2 is 1.75 bits per heavy atom. The van der Waals surface area contributed by atoms with Crippen LogP contribution in [-0.4, -0.2) is 23.9 Å². The van der Waals surface area contributed by atoms with E-state index >= 15 is 0 Å². The molecule has 0 fully saturated rings. The van der Waals surface area contributed by atoms with Crippen molar-refractivity contribution in [3.8, 4) is 16.9 Å². The number of hydrogen-bond donors (Lipinski definition) is 1. The Labute approximate surface area is 163 Å². The number of ether oxygens (including phenoxy) is 1. The van der Waals surface area contributed by atoms with Gasteiger partial charge in [-0.05, 0) is 47.4 Å². The summed E-state index contributed by atoms with van der Waals surface area (Å²) in [6.45, 7) is 2.13. The fourth-order valence-electron chi connectivity index (χ4n) is 2.58. The van der Waals surface area contributed by atoms with Crippen molar-refractivity contribution < 1.29 is 19.5 Å². The molecule has 0 bridgehead atoms. The lowest BCUT2D eigenvalue weighted by Crippen LogP contribution is -2.03. The number of nitrogens with zero attached hydrogens (tertiary/aromatic N) is 1. The van der Waals surface area contributed by atoms with Crippen molar-refractivity contribution >= 4 is 12.2 Å². The number of oxime groups is 1. The highest BCUT2D eigenvalue weighted by Crippen LogP contribution is 2.23. The maximum absolute atomic E-state index is 10.4. The summed E-state index contributed by atoms with van der Waals surface area (Å²) in [4.78, 5) is 15.1. The second-order valence-electron chi connectivity index (χ2n) is 6.33. The third-order valence-corrected chi connectivity index (χ3v) is 4.06. The fraction of sp³-hybridized carbons (Fsp3) is 0.130. The molecule has 142 valence electrons. The molecule has 5 heteroatoms. The number of aliphatic carboxylic acids is 1. The van der Waals surface area contributed by atoms with E-state index in [1.54, 1.807) is 0 Å². The van der Waals surface area contributed by atoms with E-state index < -0.39 is 12.6 Å². The van der Waals surface area contributed by atoms with Crippen LogP contribution in [0.3, 0.4) is 0 Å². The molecule has 1 N–H and O–H groups in total. The first-order valence-corrected chi connectivity index (χ1v) is 8.86. The van der Waals surface area contributed by atoms with Crippen molar-refractivity contribution in [2.75, 3.05) is 6.61 Å². The normalized spacial score (nSPS) is 10.8. The SMILES string of the molecule is Cc1ccc(COc2ccc(-c3cccc(/C=N/OCC(=O)O)c3)cc2)cc1. The maximum Gasteiger partial charge on any atom is 0.344 e. The molecule has 0 unspecified atom stereocenters. The molecule has 0 radical (unpaired) electrons. The fourth-order valence-corrected chi connectivity index (χ4v) is 2.58. The first-order valence-electron chi connectivity index (χ1n) is 8.86. The maximum atomic E-state index is 10.4. The molecule has 5 nitrogen and oxygen atoms in total. The van der Waals surface area contributed by atoms with Crippen LogP contribution in [-0.2, 0) is 16.2 Å². The molecule has 0 saturated heterocycles. The Hall–Kier alpha value is -3.60. The zero-order chi connectivity index (χ0) is 19.8. The Bertz CT molecular complexity index is 947. The summed E-state index contributed by atoms with van der Waals surface area (Å²) in [5, 5.41) is 12.2. The summed E-state index contributed by atoms with van der Waals surface area (Å²) in [7, 11) is 0. The number of rotatable bonds is 8. The first-order chi connectivity index (χ1) is 13.6. The summed E-state index contributed by atoms with van der Waals surface area (Å²) in [6.07, 6.45) is 1.49. The summed E-state index contributed by atoms with van der Waals surface area (Å²) < 4.78 is 5.85. The zero-order valence-electron chi connectivity index (χ0n) is 15.5. The second-order valence-corrected chi connectivity index (χ2v) is 6.33. The molecule has 3 aromatic carbocycles. The molecular formula is C23H21NO4. The van der Waals surface area contributed by atoms with Gasteiger partial charge in [-0.2, -0.15) is 0 Å². The van der Waals surface area contributed by atoms with Gasteiger partial charge in [-0.15, -0.1) is 0 Å². The van der Waals surface area contributed by atoms with E-state index in [2.05, 4.69) is 41.2 Å². The van der Waals surface area contributed by atoms with Crippen molar-refractivity contribution in [1.29, 1.82) is 0 Å². The highest BCUT2D eigenvalue weighted by atomic mass is 16.6. The largest absolute Gasteiger partial charge is 0.489 e. The van der Waals surface area contributed by atoms with Gasteiger partial charge in [0.1, 0.15) is 12.4 Å². The molecule has 0 spiro atoms. The Balaban J connectivity index is 1.62. The van der Waals surface area contributed by atoms with Crippen molar-refractivity contribution in [3.63, 3.8) is 0 Å². The molecule has 0 saturated carbocycles. The average Bonchev–Trinajstić information content (AvgIpc) is 2.71. The van der Waals surface area contributed by atoms with Gasteiger partial charge in [-0.25, -0.2) is 4.79 Å². The predicted octanol–water partition coefficient (Wildman–Crippen LogP) is 4.68. The Morgan fingerprint density at radius 3 is 2.46 bits per heavy atom. The monoisotopic (exact) mass is 375 g/mol. The van der Waals surface area contributed by atoms with Crippen LogP contribution in [0.2, 0.25) is 0 Å². The van der Waals surface area contributed by atoms with E-state index in [1.807, 2.05) is 48.5 Å². The van der Waals surface area contributed by atoms with Crippen LogP contribution in [0.25, 0.3) is 11.1 Å². The smallest absolute Gasteiger partial charge is 0.344 e. The van der Waals surface area contributed by atoms with Gasteiger partial charge in [0.2, 0.25) is 6.61 Å². The number of aryl methyl sites for hydroxylation is 1. The third-order valence-electron chi connectivity index (χ3n) is 4.06. The first kappa shape index (κ1) is 19.2. The van der Waals surface area contributed by atoms with Gasteiger partial charge in [-0.3, -0.25) is 0 Å². The number of carboxylic acids is 1. The molecular weight excluding hydrogens is 354 g/mol. The van der Waals surface area contributed by atoms with Crippen LogP contribution >= 0.6 is 0 Å². The van der Waals surface area contributed by atoms with Gasteiger partial charge >= 0.3 is 5.97 Å². The minimum absolute atomic E-state index is 0.458. The van der Waals surface area contributed by atoms with E-state index in [4.69, 9.17) is 9.84 Å². The predicted molar refractivity (Wildman–Crippen MR) is 109 cm³/mol. The van der Waals surface area contributed by atoms with E-state index in [9.17, 15) is 4.79 Å². The molecule has 0 heterocycles. The van der Waals surface area contributed by atoms with Crippen LogP contribution in [0.5, 0.6) is 5.75 Å². The number of carboxylic acid groups (broad SMARTS) is 1. The van der Waals surface area contributed by atoms with Crippen LogP contribution in [0.4, 0.5) is 0 Å². The quantitative estimate of drug-likeness (QED) is 0.459. The van der Waals surface area contributed by atoms with Crippen molar-refractivity contribution in [2.24, 2.45) is 5.16 Å². The number of hydrogen-bond acceptors (Lipinski definition) is 4. The molecule has 3 rings (SSSR count). The highest BCUT2D eigenvalue weighted by Gasteiger charge is 2.01. The van der Waals surface area contributed by atoms with Crippen molar-refractivity contribution in [1.82, 2.24) is 0 Å². The molecule has 0 aliphatic rings. The summed E-state index contributed by atoms with van der Waals surface area (Å²) in [6, 6.07) is 23.9. The second kappa shape index (κ2) is 9.37. The Morgan fingerprint density at radius 1 is 1.00 bits per heavy atom. The van der Waals surface area contributed by atoms with Crippen LogP contribution in [0.1, 0.15) is 16.7 Å². The molecule has 0 aliphatic carbocycles. The Kier molecular flexibility index (Phi) is 6.41. The molecule has 0 aromatic heterocycles. The standard InChI is InChI=1S/C23H21NO4/c1-17-5-7-18(8-6-17)15-27-22-11-9-20(10-12-22)21-4-2-3-19(13-21)14-24-28-16-23(25)26/h2-14H,15-16H2,1H3,(H,25,26)/b24-14+. The number of benzene rings is 3. The lowest BCUT2D eigenvalue weighted by molar-refractivity contribution is -0.142. The third kappa shape index (κ3) is 5.71. The summed E-state index contributed by atoms with van der Waals surface area (Å²) in [5.74, 6) is -0.250. The van der Waals surface area contributed by atoms with E-state index in [1.165, 1.54) is 11.8 Å². The van der Waals surface area contributed by atoms with Crippen LogP contribution < -0.4 is 4.74 Å². The summed E-state index contributed by atoms with van der Waals surface area (Å²) >= 11 is 0. The minimum atomic E-state index is -1.06. The molecule has 28 heavy (non-hydrogen) atoms. The zero-order valence-corrected chi connectivity index (χ0v) is 15.5. The van der Waals surface area contributed by atoms with Gasteiger partial charge in [0.25, 0.3) is 0 Å².